The minimum atomic E-state index is -4.40. The molecule has 20 heavy (non-hydrogen) atoms. The van der Waals surface area contributed by atoms with E-state index < -0.39 is 11.7 Å². The summed E-state index contributed by atoms with van der Waals surface area (Å²) in [6.07, 6.45) is 1.74. The molecule has 0 bridgehead atoms. The summed E-state index contributed by atoms with van der Waals surface area (Å²) >= 11 is 1.85. The number of halogens is 3. The van der Waals surface area contributed by atoms with Crippen molar-refractivity contribution in [1.82, 2.24) is 4.98 Å². The Labute approximate surface area is 120 Å². The summed E-state index contributed by atoms with van der Waals surface area (Å²) in [6, 6.07) is 2.06. The second-order valence-corrected chi connectivity index (χ2v) is 6.16. The standard InChI is InChI=1S/C13H18F3N3S/c1-20-10-4-2-9(3-5-10)18-12-7-8(13(14,15)16)6-11(17)19-12/h6-7,9-10H,2-5H2,1H3,(H3,17,18,19). The highest BCUT2D eigenvalue weighted by Crippen LogP contribution is 2.33. The number of hydrogen-bond donors (Lipinski definition) is 2. The number of pyridine rings is 1. The summed E-state index contributed by atoms with van der Waals surface area (Å²) in [7, 11) is 0. The van der Waals surface area contributed by atoms with Crippen molar-refractivity contribution in [1.29, 1.82) is 0 Å². The maximum absolute atomic E-state index is 12.7. The third-order valence-corrected chi connectivity index (χ3v) is 4.67. The van der Waals surface area contributed by atoms with Gasteiger partial charge in [0.05, 0.1) is 5.56 Å². The zero-order valence-corrected chi connectivity index (χ0v) is 12.0. The molecule has 0 amide bonds. The lowest BCUT2D eigenvalue weighted by atomic mass is 9.95. The van der Waals surface area contributed by atoms with Crippen molar-refractivity contribution >= 4 is 23.4 Å². The molecule has 0 aliphatic heterocycles. The Morgan fingerprint density at radius 2 is 1.90 bits per heavy atom. The first-order valence-electron chi connectivity index (χ1n) is 6.52. The Morgan fingerprint density at radius 1 is 1.25 bits per heavy atom. The lowest BCUT2D eigenvalue weighted by molar-refractivity contribution is -0.137. The molecule has 1 heterocycles. The van der Waals surface area contributed by atoms with Gasteiger partial charge in [0, 0.05) is 11.3 Å². The maximum Gasteiger partial charge on any atom is 0.416 e. The number of nitrogens with two attached hydrogens (primary N) is 1. The Morgan fingerprint density at radius 3 is 2.45 bits per heavy atom. The first-order chi connectivity index (χ1) is 9.38. The predicted molar refractivity (Wildman–Crippen MR) is 76.8 cm³/mol. The molecule has 0 unspecified atom stereocenters. The van der Waals surface area contributed by atoms with Crippen molar-refractivity contribution in [2.45, 2.75) is 43.2 Å². The molecule has 0 radical (unpaired) electrons. The second kappa shape index (κ2) is 6.11. The van der Waals surface area contributed by atoms with Crippen LogP contribution in [0.1, 0.15) is 31.2 Å². The van der Waals surface area contributed by atoms with E-state index in [0.29, 0.717) is 5.25 Å². The van der Waals surface area contributed by atoms with Crippen LogP contribution in [0.4, 0.5) is 24.8 Å². The Balaban J connectivity index is 2.05. The smallest absolute Gasteiger partial charge is 0.384 e. The summed E-state index contributed by atoms with van der Waals surface area (Å²) in [5.41, 5.74) is 4.69. The number of nitrogens with zero attached hydrogens (tertiary/aromatic N) is 1. The lowest BCUT2D eigenvalue weighted by Crippen LogP contribution is -2.27. The van der Waals surface area contributed by atoms with Gasteiger partial charge in [-0.15, -0.1) is 0 Å². The van der Waals surface area contributed by atoms with E-state index in [9.17, 15) is 13.2 Å². The zero-order valence-electron chi connectivity index (χ0n) is 11.2. The van der Waals surface area contributed by atoms with Gasteiger partial charge >= 0.3 is 6.18 Å². The zero-order chi connectivity index (χ0) is 14.8. The fraction of sp³-hybridized carbons (Fsp3) is 0.615. The van der Waals surface area contributed by atoms with Gasteiger partial charge in [-0.2, -0.15) is 24.9 Å². The fourth-order valence-electron chi connectivity index (χ4n) is 2.44. The van der Waals surface area contributed by atoms with Crippen molar-refractivity contribution < 1.29 is 13.2 Å². The van der Waals surface area contributed by atoms with Crippen molar-refractivity contribution in [3.05, 3.63) is 17.7 Å². The van der Waals surface area contributed by atoms with Crippen LogP contribution in [0.2, 0.25) is 0 Å². The van der Waals surface area contributed by atoms with Gasteiger partial charge in [-0.3, -0.25) is 0 Å². The van der Waals surface area contributed by atoms with E-state index in [-0.39, 0.29) is 17.7 Å². The van der Waals surface area contributed by atoms with Crippen LogP contribution in [0.3, 0.4) is 0 Å². The molecule has 1 aliphatic rings. The average Bonchev–Trinajstić information content (AvgIpc) is 2.38. The number of anilines is 2. The monoisotopic (exact) mass is 305 g/mol. The van der Waals surface area contributed by atoms with Crippen LogP contribution in [0.5, 0.6) is 0 Å². The van der Waals surface area contributed by atoms with Gasteiger partial charge in [0.15, 0.2) is 0 Å². The molecule has 0 spiro atoms. The van der Waals surface area contributed by atoms with Crippen LogP contribution in [0.25, 0.3) is 0 Å². The fourth-order valence-corrected chi connectivity index (χ4v) is 3.19. The molecule has 1 fully saturated rings. The lowest BCUT2D eigenvalue weighted by Gasteiger charge is -2.28. The molecule has 7 heteroatoms. The van der Waals surface area contributed by atoms with Gasteiger partial charge in [0.25, 0.3) is 0 Å². The van der Waals surface area contributed by atoms with Gasteiger partial charge in [-0.25, -0.2) is 4.98 Å². The molecule has 2 rings (SSSR count). The van der Waals surface area contributed by atoms with Crippen LogP contribution in [-0.2, 0) is 6.18 Å². The average molecular weight is 305 g/mol. The predicted octanol–water partition coefficient (Wildman–Crippen LogP) is 3.77. The molecular formula is C13H18F3N3S. The topological polar surface area (TPSA) is 50.9 Å². The molecule has 0 aromatic carbocycles. The number of nitrogen functional groups attached to an aromatic ring is 1. The van der Waals surface area contributed by atoms with Gasteiger partial charge < -0.3 is 11.1 Å². The highest BCUT2D eigenvalue weighted by atomic mass is 32.2. The van der Waals surface area contributed by atoms with E-state index >= 15 is 0 Å². The third-order valence-electron chi connectivity index (χ3n) is 3.53. The minimum Gasteiger partial charge on any atom is -0.384 e. The first kappa shape index (κ1) is 15.3. The molecule has 1 aromatic heterocycles. The SMILES string of the molecule is CSC1CCC(Nc2cc(C(F)(F)F)cc(N)n2)CC1. The molecule has 1 aromatic rings. The van der Waals surface area contributed by atoms with E-state index in [0.717, 1.165) is 37.8 Å². The van der Waals surface area contributed by atoms with Gasteiger partial charge in [-0.05, 0) is 44.1 Å². The Hall–Kier alpha value is -1.11. The van der Waals surface area contributed by atoms with Crippen LogP contribution in [-0.4, -0.2) is 22.5 Å². The summed E-state index contributed by atoms with van der Waals surface area (Å²) in [4.78, 5) is 3.94. The van der Waals surface area contributed by atoms with Crippen LogP contribution in [0, 0.1) is 0 Å². The van der Waals surface area contributed by atoms with Crippen LogP contribution >= 0.6 is 11.8 Å². The molecule has 3 N–H and O–H groups in total. The first-order valence-corrected chi connectivity index (χ1v) is 7.81. The van der Waals surface area contributed by atoms with Crippen LogP contribution in [0.15, 0.2) is 12.1 Å². The molecule has 112 valence electrons. The van der Waals surface area contributed by atoms with Gasteiger partial charge in [0.2, 0.25) is 0 Å². The molecule has 0 saturated heterocycles. The minimum absolute atomic E-state index is 0.111. The summed E-state index contributed by atoms with van der Waals surface area (Å²) in [5, 5.41) is 3.74. The summed E-state index contributed by atoms with van der Waals surface area (Å²) in [6.45, 7) is 0. The van der Waals surface area contributed by atoms with E-state index in [1.807, 2.05) is 11.8 Å². The number of thioether (sulfide) groups is 1. The van der Waals surface area contributed by atoms with Gasteiger partial charge in [0.1, 0.15) is 11.6 Å². The summed E-state index contributed by atoms with van der Waals surface area (Å²) in [5.74, 6) is 0.102. The quantitative estimate of drug-likeness (QED) is 0.892. The number of aromatic nitrogens is 1. The van der Waals surface area contributed by atoms with Gasteiger partial charge in [-0.1, -0.05) is 0 Å². The number of rotatable bonds is 3. The Kier molecular flexibility index (Phi) is 4.67. The maximum atomic E-state index is 12.7. The molecule has 0 atom stereocenters. The second-order valence-electron chi connectivity index (χ2n) is 5.02. The van der Waals surface area contributed by atoms with E-state index in [1.165, 1.54) is 0 Å². The third kappa shape index (κ3) is 3.94. The summed E-state index contributed by atoms with van der Waals surface area (Å²) < 4.78 is 38.1. The van der Waals surface area contributed by atoms with E-state index in [1.54, 1.807) is 0 Å². The molecular weight excluding hydrogens is 287 g/mol. The van der Waals surface area contributed by atoms with Crippen molar-refractivity contribution in [2.75, 3.05) is 17.3 Å². The van der Waals surface area contributed by atoms with E-state index in [4.69, 9.17) is 5.73 Å². The molecule has 1 aliphatic carbocycles. The van der Waals surface area contributed by atoms with E-state index in [2.05, 4.69) is 16.6 Å². The number of alkyl halides is 3. The van der Waals surface area contributed by atoms with Crippen molar-refractivity contribution in [3.8, 4) is 0 Å². The van der Waals surface area contributed by atoms with Crippen molar-refractivity contribution in [2.24, 2.45) is 0 Å². The highest BCUT2D eigenvalue weighted by Gasteiger charge is 2.31. The largest absolute Gasteiger partial charge is 0.416 e. The highest BCUT2D eigenvalue weighted by molar-refractivity contribution is 7.99. The Bertz CT molecular complexity index is 457. The van der Waals surface area contributed by atoms with Crippen molar-refractivity contribution in [3.63, 3.8) is 0 Å². The molecule has 3 nitrogen and oxygen atoms in total. The molecule has 1 saturated carbocycles. The normalized spacial score (nSPS) is 23.6. The van der Waals surface area contributed by atoms with Crippen LogP contribution < -0.4 is 11.1 Å². The number of nitrogens with one attached hydrogen (secondary N) is 1. The number of hydrogen-bond acceptors (Lipinski definition) is 4.